The molecule has 0 aromatic heterocycles. The summed E-state index contributed by atoms with van der Waals surface area (Å²) in [4.78, 5) is 0. The summed E-state index contributed by atoms with van der Waals surface area (Å²) in [5.74, 6) is 1.80. The van der Waals surface area contributed by atoms with E-state index in [0.717, 1.165) is 30.0 Å². The highest BCUT2D eigenvalue weighted by Gasteiger charge is 2.32. The van der Waals surface area contributed by atoms with E-state index in [-0.39, 0.29) is 5.60 Å². The van der Waals surface area contributed by atoms with Crippen LogP contribution in [0.3, 0.4) is 0 Å². The number of ether oxygens (including phenoxy) is 2. The maximum Gasteiger partial charge on any atom is 0.140 e. The Kier molecular flexibility index (Phi) is 3.26. The van der Waals surface area contributed by atoms with Gasteiger partial charge in [-0.3, -0.25) is 0 Å². The molecule has 1 aliphatic heterocycles. The molecule has 2 aromatic carbocycles. The third-order valence-corrected chi connectivity index (χ3v) is 3.68. The number of hydrogen-bond donors (Lipinski definition) is 1. The van der Waals surface area contributed by atoms with Gasteiger partial charge in [-0.25, -0.2) is 0 Å². The first kappa shape index (κ1) is 12.9. The topological polar surface area (TPSA) is 44.5 Å². The molecule has 3 nitrogen and oxygen atoms in total. The van der Waals surface area contributed by atoms with Gasteiger partial charge in [0.1, 0.15) is 23.7 Å². The zero-order valence-electron chi connectivity index (χ0n) is 11.6. The lowest BCUT2D eigenvalue weighted by atomic mass is 9.93. The molecule has 3 heteroatoms. The van der Waals surface area contributed by atoms with E-state index < -0.39 is 0 Å². The molecule has 0 saturated heterocycles. The van der Waals surface area contributed by atoms with Crippen molar-refractivity contribution in [2.24, 2.45) is 0 Å². The van der Waals surface area contributed by atoms with Gasteiger partial charge in [-0.1, -0.05) is 18.2 Å². The van der Waals surface area contributed by atoms with Crippen LogP contribution in [0.1, 0.15) is 18.9 Å². The van der Waals surface area contributed by atoms with Crippen LogP contribution in [-0.2, 0) is 6.42 Å². The highest BCUT2D eigenvalue weighted by molar-refractivity contribution is 5.41. The highest BCUT2D eigenvalue weighted by atomic mass is 16.5. The molecule has 0 radical (unpaired) electrons. The van der Waals surface area contributed by atoms with Crippen LogP contribution in [-0.4, -0.2) is 12.2 Å². The number of aryl methyl sites for hydroxylation is 1. The van der Waals surface area contributed by atoms with Gasteiger partial charge >= 0.3 is 0 Å². The van der Waals surface area contributed by atoms with Gasteiger partial charge in [0, 0.05) is 5.69 Å². The van der Waals surface area contributed by atoms with E-state index in [2.05, 4.69) is 19.1 Å². The zero-order chi connectivity index (χ0) is 14.0. The van der Waals surface area contributed by atoms with Crippen LogP contribution in [0.2, 0.25) is 0 Å². The van der Waals surface area contributed by atoms with Crippen molar-refractivity contribution in [3.05, 3.63) is 54.1 Å². The monoisotopic (exact) mass is 269 g/mol. The molecular weight excluding hydrogens is 250 g/mol. The van der Waals surface area contributed by atoms with Crippen LogP contribution >= 0.6 is 0 Å². The minimum atomic E-state index is -0.282. The van der Waals surface area contributed by atoms with Crippen LogP contribution < -0.4 is 15.2 Å². The van der Waals surface area contributed by atoms with Gasteiger partial charge < -0.3 is 15.2 Å². The molecule has 1 unspecified atom stereocenters. The van der Waals surface area contributed by atoms with Crippen molar-refractivity contribution in [3.8, 4) is 11.5 Å². The van der Waals surface area contributed by atoms with Gasteiger partial charge in [0.25, 0.3) is 0 Å². The largest absolute Gasteiger partial charge is 0.489 e. The zero-order valence-corrected chi connectivity index (χ0v) is 11.6. The number of anilines is 1. The van der Waals surface area contributed by atoms with Crippen molar-refractivity contribution in [1.82, 2.24) is 0 Å². The van der Waals surface area contributed by atoms with Crippen LogP contribution in [0.25, 0.3) is 0 Å². The number of hydrogen-bond acceptors (Lipinski definition) is 3. The van der Waals surface area contributed by atoms with E-state index in [9.17, 15) is 0 Å². The molecule has 20 heavy (non-hydrogen) atoms. The molecule has 3 rings (SSSR count). The van der Waals surface area contributed by atoms with E-state index in [1.54, 1.807) is 0 Å². The molecule has 0 spiro atoms. The average Bonchev–Trinajstić information content (AvgIpc) is 2.47. The van der Waals surface area contributed by atoms with Gasteiger partial charge in [0.05, 0.1) is 0 Å². The summed E-state index contributed by atoms with van der Waals surface area (Å²) in [6, 6.07) is 15.7. The van der Waals surface area contributed by atoms with Crippen LogP contribution in [0.5, 0.6) is 11.5 Å². The summed E-state index contributed by atoms with van der Waals surface area (Å²) in [5, 5.41) is 0. The predicted octanol–water partition coefficient (Wildman–Crippen LogP) is 3.43. The lowest BCUT2D eigenvalue weighted by Gasteiger charge is -2.35. The van der Waals surface area contributed by atoms with Crippen molar-refractivity contribution in [2.45, 2.75) is 25.4 Å². The first-order valence-corrected chi connectivity index (χ1v) is 6.90. The van der Waals surface area contributed by atoms with Crippen molar-refractivity contribution in [3.63, 3.8) is 0 Å². The molecular formula is C17H19NO2. The molecule has 1 heterocycles. The van der Waals surface area contributed by atoms with Gasteiger partial charge in [0.2, 0.25) is 0 Å². The first-order chi connectivity index (χ1) is 9.65. The lowest BCUT2D eigenvalue weighted by Crippen LogP contribution is -2.42. The molecule has 1 atom stereocenters. The normalized spacial score (nSPS) is 20.9. The molecule has 2 aromatic rings. The Balaban J connectivity index is 1.67. The molecule has 1 aliphatic rings. The Labute approximate surface area is 119 Å². The molecule has 0 amide bonds. The Hall–Kier alpha value is -2.16. The van der Waals surface area contributed by atoms with E-state index in [4.69, 9.17) is 15.2 Å². The summed E-state index contributed by atoms with van der Waals surface area (Å²) < 4.78 is 12.0. The maximum absolute atomic E-state index is 6.12. The fourth-order valence-electron chi connectivity index (χ4n) is 2.43. The number of para-hydroxylation sites is 1. The van der Waals surface area contributed by atoms with Gasteiger partial charge in [-0.15, -0.1) is 0 Å². The number of fused-ring (bicyclic) bond motifs is 1. The average molecular weight is 269 g/mol. The molecule has 0 bridgehead atoms. The van der Waals surface area contributed by atoms with Gasteiger partial charge in [-0.2, -0.15) is 0 Å². The fourth-order valence-corrected chi connectivity index (χ4v) is 2.43. The van der Waals surface area contributed by atoms with Crippen LogP contribution in [0, 0.1) is 0 Å². The third-order valence-electron chi connectivity index (χ3n) is 3.68. The molecule has 104 valence electrons. The predicted molar refractivity (Wildman–Crippen MR) is 80.1 cm³/mol. The third kappa shape index (κ3) is 2.72. The standard InChI is InChI=1S/C17H19NO2/c1-17(12-19-15-8-6-14(18)7-9-15)11-10-13-4-2-3-5-16(13)20-17/h2-9H,10-12,18H2,1H3. The van der Waals surface area contributed by atoms with Crippen LogP contribution in [0.15, 0.2) is 48.5 Å². The van der Waals surface area contributed by atoms with E-state index in [0.29, 0.717) is 6.61 Å². The molecule has 2 N–H and O–H groups in total. The summed E-state index contributed by atoms with van der Waals surface area (Å²) in [7, 11) is 0. The van der Waals surface area contributed by atoms with Crippen molar-refractivity contribution >= 4 is 5.69 Å². The number of nitrogen functional groups attached to an aromatic ring is 1. The molecule has 0 saturated carbocycles. The number of benzene rings is 2. The minimum absolute atomic E-state index is 0.282. The Morgan fingerprint density at radius 1 is 1.15 bits per heavy atom. The minimum Gasteiger partial charge on any atom is -0.489 e. The summed E-state index contributed by atoms with van der Waals surface area (Å²) in [6.45, 7) is 2.63. The highest BCUT2D eigenvalue weighted by Crippen LogP contribution is 2.33. The van der Waals surface area contributed by atoms with Crippen molar-refractivity contribution in [1.29, 1.82) is 0 Å². The SMILES string of the molecule is CC1(COc2ccc(N)cc2)CCc2ccccc2O1. The summed E-state index contributed by atoms with van der Waals surface area (Å²) >= 11 is 0. The Morgan fingerprint density at radius 3 is 2.70 bits per heavy atom. The van der Waals surface area contributed by atoms with Gasteiger partial charge in [-0.05, 0) is 55.7 Å². The molecule has 0 fully saturated rings. The lowest BCUT2D eigenvalue weighted by molar-refractivity contribution is 0.0176. The summed E-state index contributed by atoms with van der Waals surface area (Å²) in [5.41, 5.74) is 7.40. The quantitative estimate of drug-likeness (QED) is 0.868. The fraction of sp³-hybridized carbons (Fsp3) is 0.294. The second-order valence-corrected chi connectivity index (χ2v) is 5.52. The Bertz CT molecular complexity index is 594. The summed E-state index contributed by atoms with van der Waals surface area (Å²) in [6.07, 6.45) is 1.98. The second kappa shape index (κ2) is 5.08. The Morgan fingerprint density at radius 2 is 1.90 bits per heavy atom. The number of rotatable bonds is 3. The van der Waals surface area contributed by atoms with E-state index >= 15 is 0 Å². The van der Waals surface area contributed by atoms with Crippen molar-refractivity contribution in [2.75, 3.05) is 12.3 Å². The first-order valence-electron chi connectivity index (χ1n) is 6.90. The molecule has 0 aliphatic carbocycles. The van der Waals surface area contributed by atoms with Crippen molar-refractivity contribution < 1.29 is 9.47 Å². The van der Waals surface area contributed by atoms with E-state index in [1.165, 1.54) is 5.56 Å². The second-order valence-electron chi connectivity index (χ2n) is 5.52. The van der Waals surface area contributed by atoms with Gasteiger partial charge in [0.15, 0.2) is 0 Å². The van der Waals surface area contributed by atoms with E-state index in [1.807, 2.05) is 36.4 Å². The maximum atomic E-state index is 6.12. The number of nitrogens with two attached hydrogens (primary N) is 1. The smallest absolute Gasteiger partial charge is 0.140 e. The van der Waals surface area contributed by atoms with Crippen LogP contribution in [0.4, 0.5) is 5.69 Å².